The molecule has 0 aliphatic heterocycles. The van der Waals surface area contributed by atoms with Crippen molar-refractivity contribution in [3.05, 3.63) is 23.3 Å². The lowest BCUT2D eigenvalue weighted by Gasteiger charge is -1.94. The lowest BCUT2D eigenvalue weighted by molar-refractivity contribution is 0.613. The molecule has 0 aliphatic rings. The zero-order chi connectivity index (χ0) is 8.72. The number of aryl methyl sites for hydroxylation is 2. The number of pyridine rings is 1. The number of nitrogens with one attached hydrogen (secondary N) is 1. The first kappa shape index (κ1) is 7.21. The Morgan fingerprint density at radius 3 is 2.83 bits per heavy atom. The van der Waals surface area contributed by atoms with E-state index in [2.05, 4.69) is 15.2 Å². The lowest BCUT2D eigenvalue weighted by Crippen LogP contribution is -1.87. The maximum atomic E-state index is 13.0. The van der Waals surface area contributed by atoms with Gasteiger partial charge in [-0.2, -0.15) is 5.10 Å². The third kappa shape index (κ3) is 0.879. The van der Waals surface area contributed by atoms with E-state index in [0.717, 1.165) is 11.1 Å². The average molecular weight is 165 g/mol. The molecule has 2 heterocycles. The minimum atomic E-state index is -0.285. The van der Waals surface area contributed by atoms with Gasteiger partial charge in [-0.15, -0.1) is 0 Å². The normalized spacial score (nSPS) is 10.9. The maximum absolute atomic E-state index is 13.0. The molecule has 2 aromatic heterocycles. The lowest BCUT2D eigenvalue weighted by atomic mass is 10.2. The summed E-state index contributed by atoms with van der Waals surface area (Å²) in [6, 6.07) is 1.45. The number of fused-ring (bicyclic) bond motifs is 1. The van der Waals surface area contributed by atoms with Gasteiger partial charge in [-0.3, -0.25) is 5.10 Å². The van der Waals surface area contributed by atoms with E-state index in [4.69, 9.17) is 0 Å². The van der Waals surface area contributed by atoms with Crippen molar-refractivity contribution in [1.82, 2.24) is 15.2 Å². The highest BCUT2D eigenvalue weighted by atomic mass is 19.1. The van der Waals surface area contributed by atoms with Crippen molar-refractivity contribution in [2.24, 2.45) is 0 Å². The van der Waals surface area contributed by atoms with Crippen LogP contribution >= 0.6 is 0 Å². The first-order valence-corrected chi connectivity index (χ1v) is 3.66. The van der Waals surface area contributed by atoms with Crippen LogP contribution in [0.25, 0.3) is 11.0 Å². The van der Waals surface area contributed by atoms with Crippen LogP contribution in [0.2, 0.25) is 0 Å². The second kappa shape index (κ2) is 2.27. The van der Waals surface area contributed by atoms with E-state index < -0.39 is 0 Å². The number of hydrogen-bond donors (Lipinski definition) is 1. The van der Waals surface area contributed by atoms with Crippen molar-refractivity contribution in [3.8, 4) is 0 Å². The van der Waals surface area contributed by atoms with Crippen LogP contribution in [0.4, 0.5) is 4.39 Å². The Labute approximate surface area is 68.6 Å². The van der Waals surface area contributed by atoms with Gasteiger partial charge in [0.25, 0.3) is 0 Å². The van der Waals surface area contributed by atoms with Crippen LogP contribution in [-0.2, 0) is 0 Å². The standard InChI is InChI=1S/C8H8FN3/c1-4-6-3-7(9)5(2)10-8(6)12-11-4/h3H,1-2H3,(H,10,11,12). The van der Waals surface area contributed by atoms with Crippen LogP contribution in [0.15, 0.2) is 6.07 Å². The van der Waals surface area contributed by atoms with Crippen LogP contribution in [0.1, 0.15) is 11.4 Å². The van der Waals surface area contributed by atoms with Gasteiger partial charge in [0.2, 0.25) is 0 Å². The summed E-state index contributed by atoms with van der Waals surface area (Å²) in [5, 5.41) is 7.40. The molecule has 0 amide bonds. The predicted molar refractivity (Wildman–Crippen MR) is 43.3 cm³/mol. The highest BCUT2D eigenvalue weighted by Gasteiger charge is 2.06. The van der Waals surface area contributed by atoms with Gasteiger partial charge >= 0.3 is 0 Å². The Morgan fingerprint density at radius 1 is 1.33 bits per heavy atom. The topological polar surface area (TPSA) is 41.6 Å². The average Bonchev–Trinajstić information content (AvgIpc) is 2.35. The molecule has 62 valence electrons. The summed E-state index contributed by atoms with van der Waals surface area (Å²) in [5.41, 5.74) is 1.81. The Morgan fingerprint density at radius 2 is 2.08 bits per heavy atom. The molecular weight excluding hydrogens is 157 g/mol. The van der Waals surface area contributed by atoms with Crippen LogP contribution in [-0.4, -0.2) is 15.2 Å². The van der Waals surface area contributed by atoms with Crippen LogP contribution in [0.3, 0.4) is 0 Å². The van der Waals surface area contributed by atoms with Crippen LogP contribution in [0, 0.1) is 19.7 Å². The minimum absolute atomic E-state index is 0.285. The van der Waals surface area contributed by atoms with E-state index in [9.17, 15) is 4.39 Å². The summed E-state index contributed by atoms with van der Waals surface area (Å²) in [7, 11) is 0. The Bertz CT molecular complexity index is 433. The third-order valence-electron chi connectivity index (χ3n) is 1.87. The van der Waals surface area contributed by atoms with E-state index >= 15 is 0 Å². The molecule has 3 nitrogen and oxygen atoms in total. The summed E-state index contributed by atoms with van der Waals surface area (Å²) < 4.78 is 13.0. The number of aromatic nitrogens is 3. The molecule has 4 heteroatoms. The number of aromatic amines is 1. The molecule has 1 N–H and O–H groups in total. The molecule has 0 radical (unpaired) electrons. The summed E-state index contributed by atoms with van der Waals surface area (Å²) in [5.74, 6) is -0.285. The number of nitrogens with zero attached hydrogens (tertiary/aromatic N) is 2. The molecule has 2 rings (SSSR count). The van der Waals surface area contributed by atoms with E-state index in [1.807, 2.05) is 6.92 Å². The SMILES string of the molecule is Cc1nc2[nH]nc(C)c2cc1F. The van der Waals surface area contributed by atoms with Gasteiger partial charge in [0, 0.05) is 5.39 Å². The van der Waals surface area contributed by atoms with Gasteiger partial charge in [0.15, 0.2) is 5.65 Å². The molecule has 0 aromatic carbocycles. The van der Waals surface area contributed by atoms with Gasteiger partial charge in [-0.1, -0.05) is 0 Å². The molecule has 0 unspecified atom stereocenters. The number of hydrogen-bond acceptors (Lipinski definition) is 2. The van der Waals surface area contributed by atoms with Gasteiger partial charge in [-0.05, 0) is 19.9 Å². The fraction of sp³-hybridized carbons (Fsp3) is 0.250. The predicted octanol–water partition coefficient (Wildman–Crippen LogP) is 1.71. The van der Waals surface area contributed by atoms with Gasteiger partial charge < -0.3 is 0 Å². The number of H-pyrrole nitrogens is 1. The summed E-state index contributed by atoms with van der Waals surface area (Å²) in [4.78, 5) is 4.00. The van der Waals surface area contributed by atoms with Crippen molar-refractivity contribution in [1.29, 1.82) is 0 Å². The molecule has 12 heavy (non-hydrogen) atoms. The van der Waals surface area contributed by atoms with E-state index in [1.54, 1.807) is 6.92 Å². The Kier molecular flexibility index (Phi) is 1.36. The largest absolute Gasteiger partial charge is 0.261 e. The fourth-order valence-electron chi connectivity index (χ4n) is 1.14. The van der Waals surface area contributed by atoms with Crippen LogP contribution in [0.5, 0.6) is 0 Å². The zero-order valence-electron chi connectivity index (χ0n) is 6.85. The molecule has 2 aromatic rings. The fourth-order valence-corrected chi connectivity index (χ4v) is 1.14. The Hall–Kier alpha value is -1.45. The molecule has 0 atom stereocenters. The van der Waals surface area contributed by atoms with E-state index in [0.29, 0.717) is 11.3 Å². The van der Waals surface area contributed by atoms with Gasteiger partial charge in [0.1, 0.15) is 5.82 Å². The van der Waals surface area contributed by atoms with Crippen LogP contribution < -0.4 is 0 Å². The summed E-state index contributed by atoms with van der Waals surface area (Å²) >= 11 is 0. The smallest absolute Gasteiger partial charge is 0.155 e. The van der Waals surface area contributed by atoms with Gasteiger partial charge in [0.05, 0.1) is 11.4 Å². The third-order valence-corrected chi connectivity index (χ3v) is 1.87. The molecular formula is C8H8FN3. The first-order chi connectivity index (χ1) is 5.68. The Balaban J connectivity index is 2.87. The summed E-state index contributed by atoms with van der Waals surface area (Å²) in [6.07, 6.45) is 0. The zero-order valence-corrected chi connectivity index (χ0v) is 6.85. The monoisotopic (exact) mass is 165 g/mol. The van der Waals surface area contributed by atoms with Crippen molar-refractivity contribution >= 4 is 11.0 Å². The van der Waals surface area contributed by atoms with Crippen molar-refractivity contribution in [2.45, 2.75) is 13.8 Å². The minimum Gasteiger partial charge on any atom is -0.261 e. The molecule has 0 bridgehead atoms. The van der Waals surface area contributed by atoms with Crippen molar-refractivity contribution < 1.29 is 4.39 Å². The summed E-state index contributed by atoms with van der Waals surface area (Å²) in [6.45, 7) is 3.44. The molecule has 0 saturated carbocycles. The second-order valence-corrected chi connectivity index (χ2v) is 2.76. The first-order valence-electron chi connectivity index (χ1n) is 3.66. The maximum Gasteiger partial charge on any atom is 0.155 e. The molecule has 0 fully saturated rings. The van der Waals surface area contributed by atoms with E-state index in [1.165, 1.54) is 6.07 Å². The highest BCUT2D eigenvalue weighted by molar-refractivity contribution is 5.77. The van der Waals surface area contributed by atoms with Gasteiger partial charge in [-0.25, -0.2) is 9.37 Å². The van der Waals surface area contributed by atoms with E-state index in [-0.39, 0.29) is 5.82 Å². The molecule has 0 saturated heterocycles. The number of halogens is 1. The molecule has 0 aliphatic carbocycles. The number of rotatable bonds is 0. The van der Waals surface area contributed by atoms with Crippen molar-refractivity contribution in [3.63, 3.8) is 0 Å². The second-order valence-electron chi connectivity index (χ2n) is 2.76. The molecule has 0 spiro atoms. The highest BCUT2D eigenvalue weighted by Crippen LogP contribution is 2.15. The van der Waals surface area contributed by atoms with Crippen molar-refractivity contribution in [2.75, 3.05) is 0 Å². The quantitative estimate of drug-likeness (QED) is 0.645.